The van der Waals surface area contributed by atoms with Gasteiger partial charge >= 0.3 is 0 Å². The van der Waals surface area contributed by atoms with Crippen molar-refractivity contribution in [3.05, 3.63) is 115 Å². The highest BCUT2D eigenvalue weighted by atomic mass is 35.5. The normalized spacial score (nSPS) is 10.8. The van der Waals surface area contributed by atoms with Crippen LogP contribution in [0.3, 0.4) is 0 Å². The average molecular weight is 391 g/mol. The van der Waals surface area contributed by atoms with Crippen LogP contribution >= 0.6 is 7.26 Å². The molecule has 27 heavy (non-hydrogen) atoms. The van der Waals surface area contributed by atoms with Crippen LogP contribution in [-0.2, 0) is 6.16 Å². The zero-order valence-electron chi connectivity index (χ0n) is 14.8. The number of nitrogens with zero attached hydrogens (tertiary/aromatic N) is 2. The van der Waals surface area contributed by atoms with Crippen LogP contribution in [-0.4, -0.2) is 9.97 Å². The molecule has 1 heterocycles. The molecule has 0 saturated heterocycles. The first-order chi connectivity index (χ1) is 12.9. The first-order valence-electron chi connectivity index (χ1n) is 8.69. The Hall–Kier alpha value is -2.54. The Labute approximate surface area is 167 Å². The molecule has 0 aliphatic heterocycles. The Morgan fingerprint density at radius 3 is 1.41 bits per heavy atom. The van der Waals surface area contributed by atoms with Gasteiger partial charge in [0.15, 0.2) is 0 Å². The molecule has 134 valence electrons. The third kappa shape index (κ3) is 3.93. The molecule has 4 aromatic rings. The van der Waals surface area contributed by atoms with Gasteiger partial charge in [-0.3, -0.25) is 9.97 Å². The van der Waals surface area contributed by atoms with Crippen molar-refractivity contribution in [2.24, 2.45) is 0 Å². The molecule has 4 heteroatoms. The zero-order valence-corrected chi connectivity index (χ0v) is 16.5. The van der Waals surface area contributed by atoms with Crippen LogP contribution in [0.15, 0.2) is 110 Å². The number of hydrogen-bond acceptors (Lipinski definition) is 2. The van der Waals surface area contributed by atoms with Crippen LogP contribution in [0.2, 0.25) is 0 Å². The summed E-state index contributed by atoms with van der Waals surface area (Å²) in [6.45, 7) is 0. The van der Waals surface area contributed by atoms with Crippen molar-refractivity contribution in [1.82, 2.24) is 9.97 Å². The summed E-state index contributed by atoms with van der Waals surface area (Å²) in [4.78, 5) is 8.91. The lowest BCUT2D eigenvalue weighted by Gasteiger charge is -2.27. The van der Waals surface area contributed by atoms with E-state index in [0.717, 1.165) is 11.9 Å². The quantitative estimate of drug-likeness (QED) is 0.475. The number of halogens is 1. The van der Waals surface area contributed by atoms with Gasteiger partial charge < -0.3 is 12.4 Å². The maximum absolute atomic E-state index is 4.61. The van der Waals surface area contributed by atoms with E-state index in [2.05, 4.69) is 101 Å². The maximum Gasteiger partial charge on any atom is 0.118 e. The SMILES string of the molecule is [Cl-].c1ccc([P+](Cc2cnccn2)(c2ccccc2)c2ccccc2)cc1. The first-order valence-corrected chi connectivity index (χ1v) is 10.7. The number of benzene rings is 3. The lowest BCUT2D eigenvalue weighted by atomic mass is 10.4. The summed E-state index contributed by atoms with van der Waals surface area (Å²) in [6, 6.07) is 32.6. The Kier molecular flexibility index (Phi) is 6.34. The van der Waals surface area contributed by atoms with Gasteiger partial charge in [-0.2, -0.15) is 0 Å². The van der Waals surface area contributed by atoms with E-state index in [0.29, 0.717) is 0 Å². The second-order valence-corrected chi connectivity index (χ2v) is 9.66. The molecule has 2 nitrogen and oxygen atoms in total. The molecule has 0 saturated carbocycles. The van der Waals surface area contributed by atoms with E-state index in [4.69, 9.17) is 0 Å². The van der Waals surface area contributed by atoms with Gasteiger partial charge in [-0.25, -0.2) is 0 Å². The van der Waals surface area contributed by atoms with Crippen LogP contribution in [0.25, 0.3) is 0 Å². The van der Waals surface area contributed by atoms with Gasteiger partial charge in [0, 0.05) is 12.4 Å². The lowest BCUT2D eigenvalue weighted by Crippen LogP contribution is -3.00. The Balaban J connectivity index is 0.00000210. The molecule has 0 aliphatic carbocycles. The third-order valence-electron chi connectivity index (χ3n) is 4.61. The van der Waals surface area contributed by atoms with E-state index in [1.165, 1.54) is 15.9 Å². The molecule has 0 N–H and O–H groups in total. The first kappa shape index (κ1) is 19.2. The molecule has 4 rings (SSSR count). The van der Waals surface area contributed by atoms with Crippen molar-refractivity contribution in [3.63, 3.8) is 0 Å². The maximum atomic E-state index is 4.61. The van der Waals surface area contributed by atoms with E-state index in [1.807, 2.05) is 6.20 Å². The highest BCUT2D eigenvalue weighted by molar-refractivity contribution is 7.95. The fourth-order valence-electron chi connectivity index (χ4n) is 3.42. The topological polar surface area (TPSA) is 25.8 Å². The van der Waals surface area contributed by atoms with Crippen molar-refractivity contribution in [3.8, 4) is 0 Å². The van der Waals surface area contributed by atoms with Crippen LogP contribution in [0.5, 0.6) is 0 Å². The number of rotatable bonds is 5. The molecule has 0 fully saturated rings. The summed E-state index contributed by atoms with van der Waals surface area (Å²) in [5.41, 5.74) is 1.03. The summed E-state index contributed by atoms with van der Waals surface area (Å²) in [6.07, 6.45) is 6.27. The molecule has 0 unspecified atom stereocenters. The van der Waals surface area contributed by atoms with Crippen molar-refractivity contribution in [1.29, 1.82) is 0 Å². The van der Waals surface area contributed by atoms with Crippen LogP contribution in [0.4, 0.5) is 0 Å². The van der Waals surface area contributed by atoms with Gasteiger partial charge in [0.1, 0.15) is 29.3 Å². The third-order valence-corrected chi connectivity index (χ3v) is 8.94. The largest absolute Gasteiger partial charge is 1.00 e. The fourth-order valence-corrected chi connectivity index (χ4v) is 7.56. The van der Waals surface area contributed by atoms with E-state index in [1.54, 1.807) is 12.4 Å². The molecule has 0 atom stereocenters. The van der Waals surface area contributed by atoms with Crippen LogP contribution in [0, 0.1) is 0 Å². The Morgan fingerprint density at radius 1 is 0.593 bits per heavy atom. The fraction of sp³-hybridized carbons (Fsp3) is 0.0435. The predicted octanol–water partition coefficient (Wildman–Crippen LogP) is 0.975. The van der Waals surface area contributed by atoms with Gasteiger partial charge in [-0.15, -0.1) is 0 Å². The van der Waals surface area contributed by atoms with Gasteiger partial charge in [-0.1, -0.05) is 54.6 Å². The molecule has 0 bridgehead atoms. The highest BCUT2D eigenvalue weighted by Crippen LogP contribution is 2.57. The van der Waals surface area contributed by atoms with Gasteiger partial charge in [-0.05, 0) is 36.4 Å². The smallest absolute Gasteiger partial charge is 0.118 e. The molecule has 0 radical (unpaired) electrons. The summed E-state index contributed by atoms with van der Waals surface area (Å²) >= 11 is 0. The van der Waals surface area contributed by atoms with E-state index in [-0.39, 0.29) is 12.4 Å². The minimum absolute atomic E-state index is 0. The van der Waals surface area contributed by atoms with Gasteiger partial charge in [0.05, 0.1) is 11.9 Å². The van der Waals surface area contributed by atoms with Gasteiger partial charge in [0.2, 0.25) is 0 Å². The minimum atomic E-state index is -1.88. The highest BCUT2D eigenvalue weighted by Gasteiger charge is 2.45. The van der Waals surface area contributed by atoms with Crippen LogP contribution in [0.1, 0.15) is 5.69 Å². The summed E-state index contributed by atoms with van der Waals surface area (Å²) in [7, 11) is -1.88. The standard InChI is InChI=1S/C23H20N2P.ClH/c1-4-10-21(11-5-1)26(22-12-6-2-7-13-22,23-14-8-3-9-15-23)19-20-18-24-16-17-25-20;/h1-18H,19H2;1H/q+1;/p-1. The van der Waals surface area contributed by atoms with Gasteiger partial charge in [0.25, 0.3) is 0 Å². The van der Waals surface area contributed by atoms with Crippen molar-refractivity contribution < 1.29 is 12.4 Å². The molecule has 3 aromatic carbocycles. The Morgan fingerprint density at radius 2 is 1.04 bits per heavy atom. The number of hydrogen-bond donors (Lipinski definition) is 0. The molecular weight excluding hydrogens is 371 g/mol. The molecule has 1 aromatic heterocycles. The molecule has 0 spiro atoms. The second kappa shape index (κ2) is 8.90. The van der Waals surface area contributed by atoms with E-state index in [9.17, 15) is 0 Å². The zero-order chi connectivity index (χ0) is 17.7. The average Bonchev–Trinajstić information content (AvgIpc) is 2.75. The summed E-state index contributed by atoms with van der Waals surface area (Å²) in [5, 5.41) is 4.09. The van der Waals surface area contributed by atoms with Crippen molar-refractivity contribution in [2.75, 3.05) is 0 Å². The monoisotopic (exact) mass is 390 g/mol. The number of aromatic nitrogens is 2. The molecule has 0 amide bonds. The van der Waals surface area contributed by atoms with E-state index >= 15 is 0 Å². The van der Waals surface area contributed by atoms with Crippen molar-refractivity contribution >= 4 is 23.2 Å². The van der Waals surface area contributed by atoms with Crippen LogP contribution < -0.4 is 28.3 Å². The summed E-state index contributed by atoms with van der Waals surface area (Å²) < 4.78 is 0. The second-order valence-electron chi connectivity index (χ2n) is 6.17. The Bertz CT molecular complexity index is 852. The molecule has 0 aliphatic rings. The molecular formula is C23H20ClN2P. The summed E-state index contributed by atoms with van der Waals surface area (Å²) in [5.74, 6) is 0. The van der Waals surface area contributed by atoms with E-state index < -0.39 is 7.26 Å². The minimum Gasteiger partial charge on any atom is -1.00 e. The van der Waals surface area contributed by atoms with Crippen molar-refractivity contribution in [2.45, 2.75) is 6.16 Å². The predicted molar refractivity (Wildman–Crippen MR) is 111 cm³/mol. The lowest BCUT2D eigenvalue weighted by molar-refractivity contribution is -0.00000519.